The van der Waals surface area contributed by atoms with Gasteiger partial charge in [0.15, 0.2) is 25.4 Å². The zero-order valence-electron chi connectivity index (χ0n) is 43.2. The fourth-order valence-electron chi connectivity index (χ4n) is 7.13. The number of phenols is 1. The van der Waals surface area contributed by atoms with Crippen LogP contribution in [0.3, 0.4) is 0 Å². The number of fused-ring (bicyclic) bond motifs is 1. The van der Waals surface area contributed by atoms with E-state index in [1.165, 1.54) is 0 Å². The number of benzene rings is 6. The summed E-state index contributed by atoms with van der Waals surface area (Å²) in [5, 5.41) is 38.1. The van der Waals surface area contributed by atoms with E-state index in [0.29, 0.717) is 30.3 Å². The number of hydrogen-bond donors (Lipinski definition) is 12. The lowest BCUT2D eigenvalue weighted by atomic mass is 10.1. The highest BCUT2D eigenvalue weighted by molar-refractivity contribution is 7.92. The van der Waals surface area contributed by atoms with Gasteiger partial charge in [-0.15, -0.1) is 35.8 Å². The van der Waals surface area contributed by atoms with Crippen molar-refractivity contribution in [3.63, 3.8) is 0 Å². The Bertz CT molecular complexity index is 5360. The van der Waals surface area contributed by atoms with Gasteiger partial charge in [0, 0.05) is 0 Å². The predicted molar refractivity (Wildman–Crippen MR) is 299 cm³/mol. The van der Waals surface area contributed by atoms with Gasteiger partial charge in [-0.05, 0) is 78.2 Å². The molecule has 0 heterocycles. The van der Waals surface area contributed by atoms with Crippen LogP contribution in [0.25, 0.3) is 10.8 Å². The molecule has 0 radical (unpaired) electrons. The molecular weight excluding hydrogens is 1430 g/mol. The molecule has 488 valence electrons. The third kappa shape index (κ3) is 17.2. The van der Waals surface area contributed by atoms with Crippen LogP contribution in [-0.2, 0) is 110 Å². The molecule has 0 aromatic heterocycles. The Morgan fingerprint density at radius 2 is 0.733 bits per heavy atom. The molecule has 6 aromatic carbocycles. The van der Waals surface area contributed by atoms with E-state index >= 15 is 0 Å². The molecule has 0 amide bonds. The summed E-state index contributed by atoms with van der Waals surface area (Å²) in [6, 6.07) is 6.19. The summed E-state index contributed by atoms with van der Waals surface area (Å²) in [7, 11) is -53.3. The minimum absolute atomic E-state index is 0.115. The van der Waals surface area contributed by atoms with E-state index in [4.69, 9.17) is 26.3 Å². The Labute approximate surface area is 505 Å². The Hall–Kier alpha value is -7.72. The highest BCUT2D eigenvalue weighted by Gasteiger charge is 2.31. The number of sulfone groups is 2. The summed E-state index contributed by atoms with van der Waals surface area (Å²) in [6.45, 7) is -2.22. The van der Waals surface area contributed by atoms with E-state index in [1.54, 1.807) is 0 Å². The van der Waals surface area contributed by atoms with Crippen molar-refractivity contribution in [1.82, 2.24) is 0 Å². The molecule has 0 saturated heterocycles. The van der Waals surface area contributed by atoms with Crippen molar-refractivity contribution in [2.75, 3.05) is 41.9 Å². The normalized spacial score (nSPS) is 13.8. The van der Waals surface area contributed by atoms with Gasteiger partial charge in [-0.2, -0.15) is 72.5 Å². The highest BCUT2D eigenvalue weighted by atomic mass is 32.3. The maximum atomic E-state index is 12.8. The van der Waals surface area contributed by atoms with Crippen molar-refractivity contribution < 1.29 is 134 Å². The molecule has 52 heteroatoms. The van der Waals surface area contributed by atoms with Crippen LogP contribution in [0.5, 0.6) is 5.75 Å². The molecule has 0 aliphatic carbocycles. The SMILES string of the molecule is Nc1c(N=Nc2ccc(S(=O)(=O)CCOS(=O)(=O)O)cc2S(=O)(=O)O)cc(S(=O)(=O)O)c(N)c1N=Nc1cc(N=Nc2c(S(=O)(=O)O)cc3cc(S(=O)(=O)O)c(N=Nc4ccc(S(=O)(=O)CCOS(=O)(=O)O)cc4)c(N)c3c2O)c(S(=O)(=O)O)cc1S(=O)(=O)O. The number of nitrogens with two attached hydrogens (primary N) is 3. The van der Waals surface area contributed by atoms with Gasteiger partial charge in [-0.25, -0.2) is 25.2 Å². The van der Waals surface area contributed by atoms with Crippen LogP contribution in [0.4, 0.5) is 62.6 Å². The zero-order valence-corrected chi connectivity index (χ0v) is 51.3. The summed E-state index contributed by atoms with van der Waals surface area (Å²) >= 11 is 0. The quantitative estimate of drug-likeness (QED) is 0.0234. The van der Waals surface area contributed by atoms with Gasteiger partial charge in [-0.3, -0.25) is 36.4 Å². The number of anilines is 3. The van der Waals surface area contributed by atoms with Crippen molar-refractivity contribution in [2.24, 2.45) is 40.9 Å². The number of rotatable bonds is 24. The van der Waals surface area contributed by atoms with Gasteiger partial charge in [0.2, 0.25) is 0 Å². The first-order valence-corrected chi connectivity index (χ1v) is 37.0. The van der Waals surface area contributed by atoms with Crippen molar-refractivity contribution in [3.05, 3.63) is 72.8 Å². The van der Waals surface area contributed by atoms with Crippen LogP contribution < -0.4 is 17.2 Å². The highest BCUT2D eigenvalue weighted by Crippen LogP contribution is 2.50. The average Bonchev–Trinajstić information content (AvgIpc) is 0.750. The third-order valence-corrected chi connectivity index (χ3v) is 20.6. The lowest BCUT2D eigenvalue weighted by Gasteiger charge is -2.14. The van der Waals surface area contributed by atoms with E-state index in [2.05, 4.69) is 49.3 Å². The second-order valence-electron chi connectivity index (χ2n) is 17.1. The second kappa shape index (κ2) is 25.2. The van der Waals surface area contributed by atoms with E-state index < -0.39 is 238 Å². The molecule has 42 nitrogen and oxygen atoms in total. The van der Waals surface area contributed by atoms with Gasteiger partial charge < -0.3 is 22.3 Å². The molecule has 15 N–H and O–H groups in total. The van der Waals surface area contributed by atoms with Crippen molar-refractivity contribution in [1.29, 1.82) is 0 Å². The monoisotopic (exact) mass is 1460 g/mol. The largest absolute Gasteiger partial charge is 0.505 e. The molecule has 0 atom stereocenters. The van der Waals surface area contributed by atoms with Gasteiger partial charge in [0.1, 0.15) is 69.2 Å². The van der Waals surface area contributed by atoms with Crippen LogP contribution in [0.15, 0.2) is 153 Å². The Kier molecular flexibility index (Phi) is 20.0. The van der Waals surface area contributed by atoms with Gasteiger partial charge in [0.05, 0.1) is 62.6 Å². The number of phenolic OH excluding ortho intramolecular Hbond substituents is 1. The summed E-state index contributed by atoms with van der Waals surface area (Å²) in [4.78, 5) is -10.4. The molecular formula is C38H35N11O31S10. The van der Waals surface area contributed by atoms with Crippen molar-refractivity contribution in [2.45, 2.75) is 39.2 Å². The topological polar surface area (TPSA) is 719 Å². The van der Waals surface area contributed by atoms with E-state index in [-0.39, 0.29) is 23.9 Å². The van der Waals surface area contributed by atoms with Gasteiger partial charge in [0.25, 0.3) is 60.7 Å². The molecule has 6 rings (SSSR count). The van der Waals surface area contributed by atoms with Crippen LogP contribution in [0.2, 0.25) is 0 Å². The lowest BCUT2D eigenvalue weighted by molar-refractivity contribution is 0.282. The zero-order chi connectivity index (χ0) is 68.1. The van der Waals surface area contributed by atoms with Crippen molar-refractivity contribution >= 4 is 175 Å². The van der Waals surface area contributed by atoms with Gasteiger partial charge >= 0.3 is 20.8 Å². The summed E-state index contributed by atoms with van der Waals surface area (Å²) in [5.74, 6) is -3.74. The molecule has 90 heavy (non-hydrogen) atoms. The van der Waals surface area contributed by atoms with E-state index in [1.807, 2.05) is 0 Å². The molecule has 0 bridgehead atoms. The smallest absolute Gasteiger partial charge is 0.397 e. The molecule has 0 saturated carbocycles. The predicted octanol–water partition coefficient (Wildman–Crippen LogP) is 3.62. The molecule has 0 fully saturated rings. The minimum atomic E-state index is -5.86. The first-order chi connectivity index (χ1) is 40.8. The number of nitrogen functional groups attached to an aromatic ring is 3. The van der Waals surface area contributed by atoms with Crippen LogP contribution in [0.1, 0.15) is 0 Å². The third-order valence-electron chi connectivity index (χ3n) is 11.0. The minimum Gasteiger partial charge on any atom is -0.505 e. The first-order valence-electron chi connectivity index (χ1n) is 22.3. The summed E-state index contributed by atoms with van der Waals surface area (Å²) < 4.78 is 332. The Balaban J connectivity index is 1.52. The average molecular weight is 1460 g/mol. The number of nitrogens with zero attached hydrogens (tertiary/aromatic N) is 8. The Morgan fingerprint density at radius 3 is 1.19 bits per heavy atom. The second-order valence-corrected chi connectivity index (χ2v) is 31.8. The maximum absolute atomic E-state index is 12.8. The molecule has 0 aliphatic rings. The number of aromatic hydroxyl groups is 1. The van der Waals surface area contributed by atoms with Crippen molar-refractivity contribution in [3.8, 4) is 5.75 Å². The fraction of sp³-hybridized carbons (Fsp3) is 0.105. The molecule has 0 spiro atoms. The number of azo groups is 4. The molecule has 6 aromatic rings. The van der Waals surface area contributed by atoms with Gasteiger partial charge in [-0.1, -0.05) is 0 Å². The standard InChI is InChI=1S/C38H35N11O31S10/c39-32-24(46-43-21-6-5-20(13-25(21)83(55,56)57)82(53,54)10-8-80-90(76,77)78)15-28(86(64,65)66)33(40)37(32)49-45-23-14-22(26(84(58,59)60)16-27(23)85(61,62)63)44-48-36-30(88(70,71)72)12-17-11-29(87(67,68)69)35(34(41)31(17)38(36)50)47-42-18-1-3-19(4-2-18)81(51,52)9-7-79-89(73,74)75/h1-6,11-16,50H,7-10,39-41H2,(H,55,56,57)(H,58,59,60)(H,61,62,63)(H,64,65,66)(H,67,68,69)(H,70,71,72)(H,73,74,75)(H,76,77,78). The first kappa shape index (κ1) is 71.4. The lowest BCUT2D eigenvalue weighted by Crippen LogP contribution is -2.16. The number of hydrogen-bond acceptors (Lipinski definition) is 34. The van der Waals surface area contributed by atoms with Crippen LogP contribution in [0, 0.1) is 0 Å². The van der Waals surface area contributed by atoms with Crippen LogP contribution in [-0.4, -0.2) is 150 Å². The summed E-state index contributed by atoms with van der Waals surface area (Å²) in [6.07, 6.45) is 0. The molecule has 0 unspecified atom stereocenters. The maximum Gasteiger partial charge on any atom is 0.397 e. The van der Waals surface area contributed by atoms with E-state index in [9.17, 15) is 117 Å². The molecule has 0 aliphatic heterocycles. The summed E-state index contributed by atoms with van der Waals surface area (Å²) in [5.41, 5.74) is 6.08. The fourth-order valence-corrected chi connectivity index (χ4v) is 14.2. The van der Waals surface area contributed by atoms with E-state index in [0.717, 1.165) is 24.3 Å². The Morgan fingerprint density at radius 1 is 0.344 bits per heavy atom. The van der Waals surface area contributed by atoms with Crippen LogP contribution >= 0.6 is 0 Å².